The summed E-state index contributed by atoms with van der Waals surface area (Å²) in [5.41, 5.74) is 2.13. The van der Waals surface area contributed by atoms with Crippen molar-refractivity contribution in [2.45, 2.75) is 13.0 Å². The Labute approximate surface area is 166 Å². The topological polar surface area (TPSA) is 98.2 Å². The van der Waals surface area contributed by atoms with E-state index in [-0.39, 0.29) is 24.4 Å². The minimum Gasteiger partial charge on any atom is -0.493 e. The number of fused-ring (bicyclic) bond motifs is 3. The van der Waals surface area contributed by atoms with E-state index in [4.69, 9.17) is 9.47 Å². The predicted molar refractivity (Wildman–Crippen MR) is 111 cm³/mol. The van der Waals surface area contributed by atoms with E-state index >= 15 is 0 Å². The maximum Gasteiger partial charge on any atom is 0.277 e. The van der Waals surface area contributed by atoms with Gasteiger partial charge in [0.1, 0.15) is 11.0 Å². The van der Waals surface area contributed by atoms with Crippen LogP contribution in [-0.4, -0.2) is 34.7 Å². The molecule has 4 aromatic rings. The highest BCUT2D eigenvalue weighted by molar-refractivity contribution is 6.05. The Morgan fingerprint density at radius 1 is 1.14 bits per heavy atom. The lowest BCUT2D eigenvalue weighted by Gasteiger charge is -2.07. The first-order valence-electron chi connectivity index (χ1n) is 9.08. The minimum atomic E-state index is -0.239. The van der Waals surface area contributed by atoms with E-state index in [0.717, 1.165) is 16.6 Å². The molecule has 8 heteroatoms. The standard InChI is InChI=1S/C21H20N4O4/c1-28-16-10-14-15(11-17(16)29-2)24-20-19(14)22-12-25(21(20)27)9-8-18(26)23-13-6-4-3-5-7-13/h3-7,10-12,24H,8-9H2,1-2H3,(H,23,26). The number of nitrogens with zero attached hydrogens (tertiary/aromatic N) is 2. The van der Waals surface area contributed by atoms with Gasteiger partial charge in [-0.25, -0.2) is 4.98 Å². The van der Waals surface area contributed by atoms with Crippen molar-refractivity contribution in [2.75, 3.05) is 19.5 Å². The SMILES string of the molecule is COc1cc2[nH]c3c(=O)n(CCC(=O)Nc4ccccc4)cnc3c2cc1OC. The van der Waals surface area contributed by atoms with Crippen LogP contribution in [0.25, 0.3) is 21.9 Å². The van der Waals surface area contributed by atoms with Crippen LogP contribution in [-0.2, 0) is 11.3 Å². The summed E-state index contributed by atoms with van der Waals surface area (Å²) < 4.78 is 12.1. The van der Waals surface area contributed by atoms with E-state index in [0.29, 0.717) is 22.5 Å². The minimum absolute atomic E-state index is 0.157. The van der Waals surface area contributed by atoms with Crippen LogP contribution < -0.4 is 20.3 Å². The molecule has 0 atom stereocenters. The van der Waals surface area contributed by atoms with Gasteiger partial charge in [0.15, 0.2) is 11.5 Å². The molecular formula is C21H20N4O4. The number of benzene rings is 2. The number of ether oxygens (including phenoxy) is 2. The van der Waals surface area contributed by atoms with Crippen molar-refractivity contribution >= 4 is 33.5 Å². The molecule has 0 saturated carbocycles. The molecule has 8 nitrogen and oxygen atoms in total. The summed E-state index contributed by atoms with van der Waals surface area (Å²) in [6, 6.07) is 12.7. The lowest BCUT2D eigenvalue weighted by atomic mass is 10.2. The number of rotatable bonds is 6. The average Bonchev–Trinajstić information content (AvgIpc) is 3.11. The van der Waals surface area contributed by atoms with Gasteiger partial charge in [0.05, 0.1) is 26.1 Å². The molecule has 2 N–H and O–H groups in total. The van der Waals surface area contributed by atoms with Crippen molar-refractivity contribution in [1.29, 1.82) is 0 Å². The molecule has 2 aromatic heterocycles. The number of carbonyl (C=O) groups excluding carboxylic acids is 1. The van der Waals surface area contributed by atoms with Crippen molar-refractivity contribution in [3.8, 4) is 11.5 Å². The van der Waals surface area contributed by atoms with Crippen molar-refractivity contribution in [1.82, 2.24) is 14.5 Å². The second kappa shape index (κ2) is 7.67. The van der Waals surface area contributed by atoms with Crippen LogP contribution in [0.4, 0.5) is 5.69 Å². The number of H-pyrrole nitrogens is 1. The lowest BCUT2D eigenvalue weighted by molar-refractivity contribution is -0.116. The van der Waals surface area contributed by atoms with Gasteiger partial charge >= 0.3 is 0 Å². The number of carbonyl (C=O) groups is 1. The molecule has 0 saturated heterocycles. The normalized spacial score (nSPS) is 11.0. The molecule has 29 heavy (non-hydrogen) atoms. The Balaban J connectivity index is 1.61. The summed E-state index contributed by atoms with van der Waals surface area (Å²) in [5.74, 6) is 0.947. The third kappa shape index (κ3) is 3.52. The fraction of sp³-hybridized carbons (Fsp3) is 0.190. The molecular weight excluding hydrogens is 372 g/mol. The highest BCUT2D eigenvalue weighted by atomic mass is 16.5. The quantitative estimate of drug-likeness (QED) is 0.526. The molecule has 0 spiro atoms. The number of aryl methyl sites for hydroxylation is 1. The highest BCUT2D eigenvalue weighted by Gasteiger charge is 2.15. The van der Waals surface area contributed by atoms with Crippen LogP contribution in [0, 0.1) is 0 Å². The van der Waals surface area contributed by atoms with Gasteiger partial charge in [0.2, 0.25) is 5.91 Å². The molecule has 0 fully saturated rings. The van der Waals surface area contributed by atoms with E-state index in [1.807, 2.05) is 30.3 Å². The van der Waals surface area contributed by atoms with E-state index < -0.39 is 0 Å². The van der Waals surface area contributed by atoms with Gasteiger partial charge in [0, 0.05) is 30.1 Å². The number of hydrogen-bond acceptors (Lipinski definition) is 5. The average molecular weight is 392 g/mol. The van der Waals surface area contributed by atoms with Crippen molar-refractivity contribution in [2.24, 2.45) is 0 Å². The van der Waals surface area contributed by atoms with Gasteiger partial charge in [-0.05, 0) is 18.2 Å². The Kier molecular flexibility index (Phi) is 4.90. The molecule has 2 aromatic carbocycles. The maximum atomic E-state index is 12.9. The number of methoxy groups -OCH3 is 2. The highest BCUT2D eigenvalue weighted by Crippen LogP contribution is 2.34. The molecule has 0 radical (unpaired) electrons. The molecule has 4 rings (SSSR count). The summed E-state index contributed by atoms with van der Waals surface area (Å²) in [4.78, 5) is 32.6. The van der Waals surface area contributed by atoms with E-state index in [1.165, 1.54) is 10.9 Å². The van der Waals surface area contributed by atoms with Crippen molar-refractivity contribution in [3.63, 3.8) is 0 Å². The summed E-state index contributed by atoms with van der Waals surface area (Å²) in [7, 11) is 3.11. The zero-order valence-electron chi connectivity index (χ0n) is 16.1. The third-order valence-electron chi connectivity index (χ3n) is 4.71. The third-order valence-corrected chi connectivity index (χ3v) is 4.71. The zero-order valence-corrected chi connectivity index (χ0v) is 16.1. The van der Waals surface area contributed by atoms with Crippen molar-refractivity contribution in [3.05, 3.63) is 59.1 Å². The maximum absolute atomic E-state index is 12.9. The molecule has 0 unspecified atom stereocenters. The monoisotopic (exact) mass is 392 g/mol. The number of amides is 1. The Morgan fingerprint density at radius 3 is 2.59 bits per heavy atom. The van der Waals surface area contributed by atoms with Gasteiger partial charge < -0.3 is 19.8 Å². The van der Waals surface area contributed by atoms with Gasteiger partial charge in [-0.2, -0.15) is 0 Å². The molecule has 1 amide bonds. The smallest absolute Gasteiger partial charge is 0.277 e. The van der Waals surface area contributed by atoms with Crippen LogP contribution >= 0.6 is 0 Å². The van der Waals surface area contributed by atoms with E-state index in [9.17, 15) is 9.59 Å². The number of nitrogens with one attached hydrogen (secondary N) is 2. The first-order valence-corrected chi connectivity index (χ1v) is 9.08. The number of aromatic amines is 1. The van der Waals surface area contributed by atoms with Crippen molar-refractivity contribution < 1.29 is 14.3 Å². The summed E-state index contributed by atoms with van der Waals surface area (Å²) in [6.45, 7) is 0.225. The molecule has 0 bridgehead atoms. The Bertz CT molecular complexity index is 1240. The lowest BCUT2D eigenvalue weighted by Crippen LogP contribution is -2.23. The largest absolute Gasteiger partial charge is 0.493 e. The fourth-order valence-electron chi connectivity index (χ4n) is 3.25. The van der Waals surface area contributed by atoms with Crippen LogP contribution in [0.15, 0.2) is 53.6 Å². The summed E-state index contributed by atoms with van der Waals surface area (Å²) >= 11 is 0. The predicted octanol–water partition coefficient (Wildman–Crippen LogP) is 2.92. The molecule has 0 aliphatic rings. The number of hydrogen-bond donors (Lipinski definition) is 2. The van der Waals surface area contributed by atoms with Crippen LogP contribution in [0.3, 0.4) is 0 Å². The van der Waals surface area contributed by atoms with E-state index in [2.05, 4.69) is 15.3 Å². The molecule has 0 aliphatic heterocycles. The zero-order chi connectivity index (χ0) is 20.4. The number of anilines is 1. The van der Waals surface area contributed by atoms with E-state index in [1.54, 1.807) is 26.4 Å². The molecule has 2 heterocycles. The number of aromatic nitrogens is 3. The second-order valence-corrected chi connectivity index (χ2v) is 6.51. The van der Waals surface area contributed by atoms with Gasteiger partial charge in [-0.1, -0.05) is 18.2 Å². The van der Waals surface area contributed by atoms with Gasteiger partial charge in [0.25, 0.3) is 5.56 Å². The van der Waals surface area contributed by atoms with Crippen LogP contribution in [0.2, 0.25) is 0 Å². The number of para-hydroxylation sites is 1. The second-order valence-electron chi connectivity index (χ2n) is 6.51. The Hall–Kier alpha value is -3.81. The first-order chi connectivity index (χ1) is 14.1. The van der Waals surface area contributed by atoms with Crippen LogP contribution in [0.1, 0.15) is 6.42 Å². The molecule has 148 valence electrons. The Morgan fingerprint density at radius 2 is 1.86 bits per heavy atom. The summed E-state index contributed by atoms with van der Waals surface area (Å²) in [5, 5.41) is 3.57. The van der Waals surface area contributed by atoms with Crippen LogP contribution in [0.5, 0.6) is 11.5 Å². The van der Waals surface area contributed by atoms with Gasteiger partial charge in [-0.15, -0.1) is 0 Å². The fourth-order valence-corrected chi connectivity index (χ4v) is 3.25. The summed E-state index contributed by atoms with van der Waals surface area (Å²) in [6.07, 6.45) is 1.62. The first kappa shape index (κ1) is 18.5. The molecule has 0 aliphatic carbocycles. The van der Waals surface area contributed by atoms with Gasteiger partial charge in [-0.3, -0.25) is 14.2 Å².